The van der Waals surface area contributed by atoms with Crippen LogP contribution >= 0.6 is 11.3 Å². The largest absolute Gasteiger partial charge is 0.329 e. The van der Waals surface area contributed by atoms with Crippen molar-refractivity contribution in [3.63, 3.8) is 0 Å². The molecule has 1 aliphatic heterocycles. The van der Waals surface area contributed by atoms with Gasteiger partial charge in [0.1, 0.15) is 0 Å². The first-order valence-corrected chi connectivity index (χ1v) is 6.96. The third kappa shape index (κ3) is 1.92. The molecule has 2 nitrogen and oxygen atoms in total. The minimum Gasteiger partial charge on any atom is -0.329 e. The van der Waals surface area contributed by atoms with Crippen molar-refractivity contribution < 1.29 is 0 Å². The fraction of sp³-hybridized carbons (Fsp3) is 0.692. The van der Waals surface area contributed by atoms with Gasteiger partial charge in [-0.3, -0.25) is 4.90 Å². The molecule has 16 heavy (non-hydrogen) atoms. The number of nitrogens with zero attached hydrogens (tertiary/aromatic N) is 1. The first kappa shape index (κ1) is 12.1. The molecular formula is C13H22N2S. The molecule has 0 saturated heterocycles. The highest BCUT2D eigenvalue weighted by atomic mass is 32.1. The molecule has 90 valence electrons. The van der Waals surface area contributed by atoms with Crippen LogP contribution in [0.4, 0.5) is 0 Å². The van der Waals surface area contributed by atoms with Gasteiger partial charge in [-0.1, -0.05) is 13.8 Å². The highest BCUT2D eigenvalue weighted by Gasteiger charge is 2.35. The van der Waals surface area contributed by atoms with E-state index in [9.17, 15) is 0 Å². The van der Waals surface area contributed by atoms with Gasteiger partial charge in [-0.05, 0) is 36.3 Å². The van der Waals surface area contributed by atoms with Crippen LogP contribution in [0.1, 0.15) is 31.2 Å². The Kier molecular flexibility index (Phi) is 3.38. The molecule has 0 amide bonds. The summed E-state index contributed by atoms with van der Waals surface area (Å²) in [6, 6.07) is 2.27. The fourth-order valence-corrected chi connectivity index (χ4v) is 3.30. The number of thiophene rings is 1. The van der Waals surface area contributed by atoms with E-state index in [-0.39, 0.29) is 5.54 Å². The van der Waals surface area contributed by atoms with Crippen LogP contribution < -0.4 is 5.73 Å². The van der Waals surface area contributed by atoms with Gasteiger partial charge >= 0.3 is 0 Å². The molecule has 2 heterocycles. The number of hydrogen-bond donors (Lipinski definition) is 1. The Bertz CT molecular complexity index is 359. The Balaban J connectivity index is 2.19. The molecule has 0 radical (unpaired) electrons. The third-order valence-electron chi connectivity index (χ3n) is 4.19. The van der Waals surface area contributed by atoms with Crippen molar-refractivity contribution >= 4 is 11.3 Å². The zero-order valence-corrected chi connectivity index (χ0v) is 11.3. The SMILES string of the molecule is CC(C)C(C)(CN)N1CCc2sccc2C1. The van der Waals surface area contributed by atoms with Crippen LogP contribution in [0.5, 0.6) is 0 Å². The number of rotatable bonds is 3. The zero-order chi connectivity index (χ0) is 11.8. The van der Waals surface area contributed by atoms with E-state index in [2.05, 4.69) is 37.1 Å². The smallest absolute Gasteiger partial charge is 0.0330 e. The van der Waals surface area contributed by atoms with Crippen molar-refractivity contribution in [2.24, 2.45) is 11.7 Å². The minimum atomic E-state index is 0.139. The Morgan fingerprint density at radius 1 is 1.56 bits per heavy atom. The maximum atomic E-state index is 6.00. The number of fused-ring (bicyclic) bond motifs is 1. The first-order valence-electron chi connectivity index (χ1n) is 6.08. The van der Waals surface area contributed by atoms with Gasteiger partial charge in [-0.2, -0.15) is 0 Å². The lowest BCUT2D eigenvalue weighted by atomic mass is 9.85. The predicted octanol–water partition coefficient (Wildman–Crippen LogP) is 2.48. The molecule has 0 saturated carbocycles. The summed E-state index contributed by atoms with van der Waals surface area (Å²) in [6.45, 7) is 9.81. The van der Waals surface area contributed by atoms with Crippen LogP contribution in [0, 0.1) is 5.92 Å². The minimum absolute atomic E-state index is 0.139. The van der Waals surface area contributed by atoms with Crippen LogP contribution in [0.2, 0.25) is 0 Å². The quantitative estimate of drug-likeness (QED) is 0.876. The lowest BCUT2D eigenvalue weighted by Crippen LogP contribution is -2.56. The monoisotopic (exact) mass is 238 g/mol. The standard InChI is InChI=1S/C13H22N2S/c1-10(2)13(3,9-14)15-6-4-12-11(8-15)5-7-16-12/h5,7,10H,4,6,8-9,14H2,1-3H3. The summed E-state index contributed by atoms with van der Waals surface area (Å²) >= 11 is 1.90. The molecule has 2 rings (SSSR count). The van der Waals surface area contributed by atoms with Crippen LogP contribution in [0.25, 0.3) is 0 Å². The van der Waals surface area contributed by atoms with Crippen LogP contribution in [0.15, 0.2) is 11.4 Å². The summed E-state index contributed by atoms with van der Waals surface area (Å²) < 4.78 is 0. The molecule has 1 unspecified atom stereocenters. The molecule has 0 aliphatic carbocycles. The number of nitrogens with two attached hydrogens (primary N) is 1. The van der Waals surface area contributed by atoms with E-state index < -0.39 is 0 Å². The van der Waals surface area contributed by atoms with Crippen molar-refractivity contribution in [1.82, 2.24) is 4.90 Å². The maximum Gasteiger partial charge on any atom is 0.0330 e. The van der Waals surface area contributed by atoms with Crippen LogP contribution in [-0.2, 0) is 13.0 Å². The summed E-state index contributed by atoms with van der Waals surface area (Å²) in [5, 5.41) is 2.21. The first-order chi connectivity index (χ1) is 7.58. The lowest BCUT2D eigenvalue weighted by Gasteiger charge is -2.45. The highest BCUT2D eigenvalue weighted by Crippen LogP contribution is 2.31. The highest BCUT2D eigenvalue weighted by molar-refractivity contribution is 7.10. The fourth-order valence-electron chi connectivity index (χ4n) is 2.41. The molecule has 3 heteroatoms. The van der Waals surface area contributed by atoms with E-state index in [0.29, 0.717) is 5.92 Å². The topological polar surface area (TPSA) is 29.3 Å². The van der Waals surface area contributed by atoms with Crippen molar-refractivity contribution in [3.05, 3.63) is 21.9 Å². The van der Waals surface area contributed by atoms with Gasteiger partial charge in [0.15, 0.2) is 0 Å². The average molecular weight is 238 g/mol. The Labute approximate surface area is 102 Å². The Morgan fingerprint density at radius 2 is 2.31 bits per heavy atom. The molecule has 2 N–H and O–H groups in total. The number of hydrogen-bond acceptors (Lipinski definition) is 3. The van der Waals surface area contributed by atoms with Crippen LogP contribution in [-0.4, -0.2) is 23.5 Å². The van der Waals surface area contributed by atoms with Crippen LogP contribution in [0.3, 0.4) is 0 Å². The normalized spacial score (nSPS) is 20.8. The van der Waals surface area contributed by atoms with E-state index in [1.54, 1.807) is 4.88 Å². The molecule has 0 bridgehead atoms. The molecule has 1 atom stereocenters. The zero-order valence-electron chi connectivity index (χ0n) is 10.5. The van der Waals surface area contributed by atoms with E-state index in [1.807, 2.05) is 11.3 Å². The van der Waals surface area contributed by atoms with E-state index in [1.165, 1.54) is 12.0 Å². The van der Waals surface area contributed by atoms with Gasteiger partial charge in [0.2, 0.25) is 0 Å². The van der Waals surface area contributed by atoms with E-state index in [4.69, 9.17) is 5.73 Å². The second-order valence-corrected chi connectivity index (χ2v) is 6.26. The van der Waals surface area contributed by atoms with Crippen molar-refractivity contribution in [2.45, 2.75) is 39.3 Å². The van der Waals surface area contributed by atoms with Crippen molar-refractivity contribution in [2.75, 3.05) is 13.1 Å². The summed E-state index contributed by atoms with van der Waals surface area (Å²) in [5.74, 6) is 0.595. The van der Waals surface area contributed by atoms with Gasteiger partial charge in [0, 0.05) is 30.1 Å². The lowest BCUT2D eigenvalue weighted by molar-refractivity contribution is 0.0549. The van der Waals surface area contributed by atoms with Crippen molar-refractivity contribution in [3.8, 4) is 0 Å². The van der Waals surface area contributed by atoms with Gasteiger partial charge in [-0.25, -0.2) is 0 Å². The second-order valence-electron chi connectivity index (χ2n) is 5.26. The van der Waals surface area contributed by atoms with E-state index >= 15 is 0 Å². The van der Waals surface area contributed by atoms with Gasteiger partial charge in [0.05, 0.1) is 0 Å². The molecule has 1 aromatic rings. The van der Waals surface area contributed by atoms with Gasteiger partial charge in [-0.15, -0.1) is 11.3 Å². The molecule has 0 spiro atoms. The summed E-state index contributed by atoms with van der Waals surface area (Å²) in [6.07, 6.45) is 1.19. The molecule has 1 aromatic heterocycles. The van der Waals surface area contributed by atoms with E-state index in [0.717, 1.165) is 19.6 Å². The molecule has 0 fully saturated rings. The van der Waals surface area contributed by atoms with Gasteiger partial charge < -0.3 is 5.73 Å². The maximum absolute atomic E-state index is 6.00. The molecular weight excluding hydrogens is 216 g/mol. The van der Waals surface area contributed by atoms with Gasteiger partial charge in [0.25, 0.3) is 0 Å². The second kappa shape index (κ2) is 4.47. The summed E-state index contributed by atoms with van der Waals surface area (Å²) in [7, 11) is 0. The third-order valence-corrected chi connectivity index (χ3v) is 5.21. The Morgan fingerprint density at radius 3 is 2.94 bits per heavy atom. The summed E-state index contributed by atoms with van der Waals surface area (Å²) in [4.78, 5) is 4.13. The van der Waals surface area contributed by atoms with Crippen molar-refractivity contribution in [1.29, 1.82) is 0 Å². The Hall–Kier alpha value is -0.380. The molecule has 1 aliphatic rings. The predicted molar refractivity (Wildman–Crippen MR) is 70.7 cm³/mol. The average Bonchev–Trinajstić information content (AvgIpc) is 2.74. The molecule has 0 aromatic carbocycles. The summed E-state index contributed by atoms with van der Waals surface area (Å²) in [5.41, 5.74) is 7.64.